The van der Waals surface area contributed by atoms with Gasteiger partial charge in [0.05, 0.1) is 0 Å². The highest BCUT2D eigenvalue weighted by Crippen LogP contribution is 2.50. The van der Waals surface area contributed by atoms with E-state index < -0.39 is 0 Å². The van der Waals surface area contributed by atoms with Crippen molar-refractivity contribution in [3.63, 3.8) is 0 Å². The Labute approximate surface area is 775 Å². The summed E-state index contributed by atoms with van der Waals surface area (Å²) in [7, 11) is 0. The van der Waals surface area contributed by atoms with Crippen LogP contribution in [0.25, 0.3) is 166 Å². The van der Waals surface area contributed by atoms with Crippen LogP contribution in [0.4, 0.5) is 68.2 Å². The van der Waals surface area contributed by atoms with Gasteiger partial charge < -0.3 is 19.6 Å². The lowest BCUT2D eigenvalue weighted by atomic mass is 10.0. The van der Waals surface area contributed by atoms with E-state index in [1.807, 2.05) is 68.0 Å². The fourth-order valence-electron chi connectivity index (χ4n) is 19.0. The summed E-state index contributed by atoms with van der Waals surface area (Å²) in [5, 5.41) is 15.6. The third kappa shape index (κ3) is 14.1. The van der Waals surface area contributed by atoms with E-state index in [1.54, 1.807) is 0 Å². The summed E-state index contributed by atoms with van der Waals surface area (Å²) >= 11 is 11.2. The van der Waals surface area contributed by atoms with Crippen molar-refractivity contribution < 1.29 is 0 Å². The van der Waals surface area contributed by atoms with Crippen LogP contribution in [0.1, 0.15) is 0 Å². The predicted molar refractivity (Wildman–Crippen MR) is 571 cm³/mol. The lowest BCUT2D eigenvalue weighted by Gasteiger charge is -2.26. The number of thiophene rings is 6. The fourth-order valence-corrected chi connectivity index (χ4v) is 25.7. The molecule has 0 atom stereocenters. The average Bonchev–Trinajstić information content (AvgIpc) is 1.61. The molecule has 26 aromatic rings. The van der Waals surface area contributed by atoms with Crippen molar-refractivity contribution >= 4 is 257 Å². The molecule has 0 aliphatic carbocycles. The smallest absolute Gasteiger partial charge is 0.0476 e. The Morgan fingerprint density at radius 2 is 0.254 bits per heavy atom. The van der Waals surface area contributed by atoms with Gasteiger partial charge in [0.1, 0.15) is 0 Å². The van der Waals surface area contributed by atoms with Crippen molar-refractivity contribution in [1.29, 1.82) is 0 Å². The minimum atomic E-state index is 1.10. The first-order valence-corrected chi connectivity index (χ1v) is 48.7. The van der Waals surface area contributed by atoms with Gasteiger partial charge in [0.15, 0.2) is 0 Å². The Hall–Kier alpha value is -15.1. The van der Waals surface area contributed by atoms with Crippen LogP contribution in [0.15, 0.2) is 461 Å². The Morgan fingerprint density at radius 3 is 0.492 bits per heavy atom. The maximum absolute atomic E-state index is 2.42. The van der Waals surface area contributed by atoms with Gasteiger partial charge in [-0.05, 0) is 239 Å². The van der Waals surface area contributed by atoms with E-state index in [2.05, 4.69) is 481 Å². The SMILES string of the molecule is c1ccc(-c2ccc(N(c3ccc(-c4ccc(N(c5ccc(-c6ccccc6)cc5)c5ccc6sc7ccccc7c6c5)cc4)cc3)c3ccc4sc5ccccc5c4c3)cc2)cc1.c1ccc2c(c1)sc1cc(N(c3ccc(-c4ccc(N(c5ccc6c(c5)sc5ccccc56)c5ccc6c(c5)sc5ccccc56)cc4)cc3)c3ccc4c(c3)sc3ccccc34)ccc12. The molecule has 0 unspecified atom stereocenters. The number of rotatable bonds is 16. The number of anilines is 12. The molecule has 0 aliphatic heterocycles. The molecule has 0 radical (unpaired) electrons. The molecule has 0 aliphatic rings. The molecule has 6 aromatic heterocycles. The van der Waals surface area contributed by atoms with Gasteiger partial charge >= 0.3 is 0 Å². The highest BCUT2D eigenvalue weighted by molar-refractivity contribution is 7.28. The van der Waals surface area contributed by atoms with E-state index in [9.17, 15) is 0 Å². The lowest BCUT2D eigenvalue weighted by Crippen LogP contribution is -2.10. The average molecular weight is 1770 g/mol. The highest BCUT2D eigenvalue weighted by atomic mass is 32.1. The van der Waals surface area contributed by atoms with Gasteiger partial charge in [-0.2, -0.15) is 0 Å². The molecule has 20 aromatic carbocycles. The topological polar surface area (TPSA) is 13.0 Å². The van der Waals surface area contributed by atoms with Crippen molar-refractivity contribution in [2.45, 2.75) is 0 Å². The quantitative estimate of drug-likeness (QED) is 0.0956. The number of nitrogens with zero attached hydrogens (tertiary/aromatic N) is 4. The van der Waals surface area contributed by atoms with Crippen LogP contribution in [0.3, 0.4) is 0 Å². The molecular weight excluding hydrogens is 1690 g/mol. The van der Waals surface area contributed by atoms with Gasteiger partial charge in [0.25, 0.3) is 0 Å². The summed E-state index contributed by atoms with van der Waals surface area (Å²) in [5.74, 6) is 0. The molecule has 130 heavy (non-hydrogen) atoms. The molecule has 0 saturated heterocycles. The normalized spacial score (nSPS) is 11.7. The zero-order chi connectivity index (χ0) is 85.7. The van der Waals surface area contributed by atoms with Crippen LogP contribution < -0.4 is 19.6 Å². The second-order valence-electron chi connectivity index (χ2n) is 33.0. The van der Waals surface area contributed by atoms with Crippen molar-refractivity contribution in [2.75, 3.05) is 19.6 Å². The Morgan fingerprint density at radius 1 is 0.100 bits per heavy atom. The standard InChI is InChI=1S/C60H36N2S4.C60H40N2S2/c1-5-13-53-45(9-1)49-29-25-41(33-57(49)63-53)61(42-26-30-50-46-10-2-6-14-54(46)64-58(50)34-42)39-21-17-37(18-22-39)38-19-23-40(24-20-38)62(43-27-31-51-47-11-3-7-15-55(47)65-59(51)35-43)44-28-32-52-48-12-4-8-16-56(48)66-60(52)36-44;1-3-11-41(12-4-1)43-19-27-47(28-20-43)61(51-35-37-59-55(39-51)53-15-7-9-17-57(53)63-59)49-31-23-45(24-32-49)46-25-33-50(34-26-46)62(48-29-21-44(22-30-48)42-13-5-2-6-14-42)52-36-38-60-56(40-52)54-16-8-10-18-58(54)64-60/h1-36H;1-40H. The molecular formula is C120H76N4S6. The van der Waals surface area contributed by atoms with Gasteiger partial charge in [-0.1, -0.05) is 267 Å². The highest BCUT2D eigenvalue weighted by Gasteiger charge is 2.24. The first-order chi connectivity index (χ1) is 64.4. The van der Waals surface area contributed by atoms with Crippen molar-refractivity contribution in [3.05, 3.63) is 461 Å². The fraction of sp³-hybridized carbons (Fsp3) is 0. The molecule has 0 bridgehead atoms. The summed E-state index contributed by atoms with van der Waals surface area (Å²) in [5.41, 5.74) is 23.0. The number of fused-ring (bicyclic) bond motifs is 18. The minimum absolute atomic E-state index is 1.10. The zero-order valence-corrected chi connectivity index (χ0v) is 75.0. The molecule has 0 saturated carbocycles. The summed E-state index contributed by atoms with van der Waals surface area (Å²) in [6.07, 6.45) is 0. The largest absolute Gasteiger partial charge is 0.310 e. The Bertz CT molecular complexity index is 8050. The second-order valence-corrected chi connectivity index (χ2v) is 39.5. The van der Waals surface area contributed by atoms with Gasteiger partial charge in [-0.25, -0.2) is 0 Å². The summed E-state index contributed by atoms with van der Waals surface area (Å²) in [6, 6.07) is 169. The molecule has 0 spiro atoms. The zero-order valence-electron chi connectivity index (χ0n) is 70.1. The third-order valence-electron chi connectivity index (χ3n) is 25.4. The van der Waals surface area contributed by atoms with E-state index in [1.165, 1.54) is 166 Å². The lowest BCUT2D eigenvalue weighted by molar-refractivity contribution is 1.29. The molecule has 6 heterocycles. The molecule has 612 valence electrons. The Balaban J connectivity index is 0.000000140. The van der Waals surface area contributed by atoms with Crippen molar-refractivity contribution in [1.82, 2.24) is 0 Å². The van der Waals surface area contributed by atoms with Crippen LogP contribution in [-0.2, 0) is 0 Å². The third-order valence-corrected chi connectivity index (χ3v) is 32.2. The van der Waals surface area contributed by atoms with Crippen LogP contribution in [-0.4, -0.2) is 0 Å². The molecule has 4 nitrogen and oxygen atoms in total. The maximum Gasteiger partial charge on any atom is 0.0476 e. The summed E-state index contributed by atoms with van der Waals surface area (Å²) in [6.45, 7) is 0. The van der Waals surface area contributed by atoms with E-state index >= 15 is 0 Å². The van der Waals surface area contributed by atoms with Crippen LogP contribution in [0, 0.1) is 0 Å². The van der Waals surface area contributed by atoms with Gasteiger partial charge in [-0.3, -0.25) is 0 Å². The van der Waals surface area contributed by atoms with E-state index in [4.69, 9.17) is 0 Å². The maximum atomic E-state index is 2.42. The van der Waals surface area contributed by atoms with Gasteiger partial charge in [0.2, 0.25) is 0 Å². The summed E-state index contributed by atoms with van der Waals surface area (Å²) in [4.78, 5) is 9.59. The number of hydrogen-bond acceptors (Lipinski definition) is 10. The minimum Gasteiger partial charge on any atom is -0.310 e. The second kappa shape index (κ2) is 32.7. The first-order valence-electron chi connectivity index (χ1n) is 43.8. The Kier molecular flexibility index (Phi) is 19.4. The molecule has 0 N–H and O–H groups in total. The summed E-state index contributed by atoms with van der Waals surface area (Å²) < 4.78 is 15.6. The van der Waals surface area contributed by atoms with Gasteiger partial charge in [-0.15, -0.1) is 68.0 Å². The molecule has 0 fully saturated rings. The van der Waals surface area contributed by atoms with Crippen molar-refractivity contribution in [2.24, 2.45) is 0 Å². The monoisotopic (exact) mass is 1760 g/mol. The predicted octanol–water partition coefficient (Wildman–Crippen LogP) is 38.1. The van der Waals surface area contributed by atoms with E-state index in [-0.39, 0.29) is 0 Å². The van der Waals surface area contributed by atoms with Crippen LogP contribution >= 0.6 is 68.0 Å². The van der Waals surface area contributed by atoms with E-state index in [0.717, 1.165) is 68.2 Å². The molecule has 10 heteroatoms. The van der Waals surface area contributed by atoms with E-state index in [0.29, 0.717) is 0 Å². The van der Waals surface area contributed by atoms with Gasteiger partial charge in [0, 0.05) is 189 Å². The molecule has 26 rings (SSSR count). The number of benzene rings is 20. The van der Waals surface area contributed by atoms with Crippen molar-refractivity contribution in [3.8, 4) is 44.5 Å². The first kappa shape index (κ1) is 77.3. The molecule has 0 amide bonds. The van der Waals surface area contributed by atoms with Crippen LogP contribution in [0.5, 0.6) is 0 Å². The number of hydrogen-bond donors (Lipinski definition) is 0. The van der Waals surface area contributed by atoms with Crippen LogP contribution in [0.2, 0.25) is 0 Å².